The summed E-state index contributed by atoms with van der Waals surface area (Å²) in [7, 11) is 0. The number of nitro groups is 1. The predicted octanol–water partition coefficient (Wildman–Crippen LogP) is 0.488. The second-order valence-corrected chi connectivity index (χ2v) is 1.97. The van der Waals surface area contributed by atoms with Crippen LogP contribution < -0.4 is 5.32 Å². The van der Waals surface area contributed by atoms with Crippen LogP contribution in [0.1, 0.15) is 12.8 Å². The molecule has 50 valence electrons. The van der Waals surface area contributed by atoms with Gasteiger partial charge in [0.1, 0.15) is 0 Å². The minimum absolute atomic E-state index is 0.423. The second kappa shape index (κ2) is 2.48. The van der Waals surface area contributed by atoms with E-state index in [-0.39, 0.29) is 0 Å². The lowest BCUT2D eigenvalue weighted by molar-refractivity contribution is -0.403. The summed E-state index contributed by atoms with van der Waals surface area (Å²) in [5.41, 5.74) is 0.750. The first-order valence-electron chi connectivity index (χ1n) is 2.87. The molecule has 0 amide bonds. The molecular weight excluding hydrogens is 120 g/mol. The van der Waals surface area contributed by atoms with Crippen molar-refractivity contribution in [3.05, 3.63) is 22.0 Å². The Kier molecular flexibility index (Phi) is 1.67. The fourth-order valence-electron chi connectivity index (χ4n) is 0.854. The number of hydrogen-bond acceptors (Lipinski definition) is 3. The van der Waals surface area contributed by atoms with Crippen molar-refractivity contribution in [3.63, 3.8) is 0 Å². The average molecular weight is 128 g/mol. The van der Waals surface area contributed by atoms with E-state index >= 15 is 0 Å². The van der Waals surface area contributed by atoms with E-state index in [2.05, 4.69) is 5.32 Å². The minimum Gasteiger partial charge on any atom is -0.383 e. The summed E-state index contributed by atoms with van der Waals surface area (Å²) >= 11 is 0. The number of hydrogen-bond donors (Lipinski definition) is 1. The summed E-state index contributed by atoms with van der Waals surface area (Å²) in [6.07, 6.45) is 2.87. The van der Waals surface area contributed by atoms with Crippen LogP contribution in [-0.2, 0) is 0 Å². The highest BCUT2D eigenvalue weighted by Gasteiger charge is 2.07. The Morgan fingerprint density at radius 1 is 1.78 bits per heavy atom. The summed E-state index contributed by atoms with van der Waals surface area (Å²) in [6.45, 7) is 0.875. The molecule has 1 fully saturated rings. The molecule has 9 heavy (non-hydrogen) atoms. The summed E-state index contributed by atoms with van der Waals surface area (Å²) in [6, 6.07) is 0. The van der Waals surface area contributed by atoms with Gasteiger partial charge in [0.2, 0.25) is 0 Å². The van der Waals surface area contributed by atoms with Gasteiger partial charge in [-0.2, -0.15) is 0 Å². The maximum Gasteiger partial charge on any atom is 0.253 e. The minimum atomic E-state index is -0.423. The molecule has 0 bridgehead atoms. The van der Waals surface area contributed by atoms with Gasteiger partial charge in [0.15, 0.2) is 0 Å². The number of allylic oxidation sites excluding steroid dienone is 1. The third-order valence-corrected chi connectivity index (χ3v) is 1.24. The van der Waals surface area contributed by atoms with Crippen LogP contribution in [0.25, 0.3) is 0 Å². The molecule has 0 aromatic heterocycles. The second-order valence-electron chi connectivity index (χ2n) is 1.97. The van der Waals surface area contributed by atoms with Crippen molar-refractivity contribution in [2.24, 2.45) is 0 Å². The first kappa shape index (κ1) is 6.07. The number of nitrogens with one attached hydrogen (secondary N) is 1. The van der Waals surface area contributed by atoms with Crippen molar-refractivity contribution in [2.45, 2.75) is 12.8 Å². The highest BCUT2D eigenvalue weighted by molar-refractivity contribution is 4.99. The van der Waals surface area contributed by atoms with Gasteiger partial charge in [0.25, 0.3) is 6.20 Å². The lowest BCUT2D eigenvalue weighted by atomic mass is 10.3. The Morgan fingerprint density at radius 2 is 2.56 bits per heavy atom. The predicted molar refractivity (Wildman–Crippen MR) is 32.3 cm³/mol. The summed E-state index contributed by atoms with van der Waals surface area (Å²) in [4.78, 5) is 9.42. The van der Waals surface area contributed by atoms with Crippen LogP contribution in [0.3, 0.4) is 0 Å². The molecule has 0 radical (unpaired) electrons. The van der Waals surface area contributed by atoms with Crippen LogP contribution in [0.4, 0.5) is 0 Å². The van der Waals surface area contributed by atoms with Gasteiger partial charge in [-0.15, -0.1) is 0 Å². The van der Waals surface area contributed by atoms with Crippen LogP contribution in [0.2, 0.25) is 0 Å². The van der Waals surface area contributed by atoms with E-state index in [0.717, 1.165) is 31.3 Å². The van der Waals surface area contributed by atoms with Crippen molar-refractivity contribution >= 4 is 0 Å². The van der Waals surface area contributed by atoms with Gasteiger partial charge in [0.05, 0.1) is 10.6 Å². The van der Waals surface area contributed by atoms with Gasteiger partial charge in [0, 0.05) is 6.54 Å². The quantitative estimate of drug-likeness (QED) is 0.413. The van der Waals surface area contributed by atoms with Crippen molar-refractivity contribution in [2.75, 3.05) is 6.54 Å². The van der Waals surface area contributed by atoms with Gasteiger partial charge in [-0.1, -0.05) is 0 Å². The fraction of sp³-hybridized carbons (Fsp3) is 0.600. The van der Waals surface area contributed by atoms with Crippen molar-refractivity contribution in [1.82, 2.24) is 5.32 Å². The van der Waals surface area contributed by atoms with E-state index in [1.807, 2.05) is 0 Å². The molecule has 0 spiro atoms. The smallest absolute Gasteiger partial charge is 0.253 e. The Hall–Kier alpha value is -1.06. The molecule has 4 nitrogen and oxygen atoms in total. The molecule has 1 saturated heterocycles. The average Bonchev–Trinajstić information content (AvgIpc) is 2.15. The topological polar surface area (TPSA) is 55.2 Å². The lowest BCUT2D eigenvalue weighted by Crippen LogP contribution is -2.05. The summed E-state index contributed by atoms with van der Waals surface area (Å²) < 4.78 is 0. The Labute approximate surface area is 52.7 Å². The van der Waals surface area contributed by atoms with Crippen LogP contribution >= 0.6 is 0 Å². The molecule has 1 aliphatic rings. The molecule has 0 aromatic carbocycles. The van der Waals surface area contributed by atoms with Crippen molar-refractivity contribution < 1.29 is 4.92 Å². The molecule has 1 heterocycles. The first-order valence-corrected chi connectivity index (χ1v) is 2.87. The van der Waals surface area contributed by atoms with Crippen LogP contribution in [0.15, 0.2) is 11.9 Å². The molecular formula is C5H8N2O2. The maximum atomic E-state index is 9.84. The van der Waals surface area contributed by atoms with E-state index in [1.54, 1.807) is 0 Å². The molecule has 1 aliphatic heterocycles. The fourth-order valence-corrected chi connectivity index (χ4v) is 0.854. The number of nitrogens with zero attached hydrogens (tertiary/aromatic N) is 1. The van der Waals surface area contributed by atoms with Crippen LogP contribution in [-0.4, -0.2) is 11.5 Å². The van der Waals surface area contributed by atoms with E-state index in [1.165, 1.54) is 0 Å². The van der Waals surface area contributed by atoms with Gasteiger partial charge in [-0.25, -0.2) is 0 Å². The van der Waals surface area contributed by atoms with E-state index in [9.17, 15) is 10.1 Å². The van der Waals surface area contributed by atoms with E-state index in [4.69, 9.17) is 0 Å². The first-order chi connectivity index (χ1) is 4.29. The van der Waals surface area contributed by atoms with Crippen molar-refractivity contribution in [1.29, 1.82) is 0 Å². The zero-order valence-corrected chi connectivity index (χ0v) is 4.96. The molecule has 1 rings (SSSR count). The van der Waals surface area contributed by atoms with Gasteiger partial charge in [-0.05, 0) is 12.8 Å². The highest BCUT2D eigenvalue weighted by atomic mass is 16.6. The lowest BCUT2D eigenvalue weighted by Gasteiger charge is -1.89. The summed E-state index contributed by atoms with van der Waals surface area (Å²) in [5, 5.41) is 12.8. The monoisotopic (exact) mass is 128 g/mol. The Balaban J connectivity index is 2.49. The maximum absolute atomic E-state index is 9.84. The number of rotatable bonds is 1. The SMILES string of the molecule is O=[N+]([O-])/C=C1/CCCN1. The van der Waals surface area contributed by atoms with Crippen molar-refractivity contribution in [3.8, 4) is 0 Å². The van der Waals surface area contributed by atoms with E-state index < -0.39 is 4.92 Å². The zero-order chi connectivity index (χ0) is 6.69. The third kappa shape index (κ3) is 1.71. The van der Waals surface area contributed by atoms with Gasteiger partial charge in [-0.3, -0.25) is 10.1 Å². The molecule has 1 N–H and O–H groups in total. The zero-order valence-electron chi connectivity index (χ0n) is 4.96. The van der Waals surface area contributed by atoms with Gasteiger partial charge >= 0.3 is 0 Å². The van der Waals surface area contributed by atoms with Crippen LogP contribution in [0.5, 0.6) is 0 Å². The normalized spacial score (nSPS) is 22.0. The Bertz CT molecular complexity index is 145. The van der Waals surface area contributed by atoms with E-state index in [0.29, 0.717) is 0 Å². The molecule has 0 unspecified atom stereocenters. The molecule has 0 aromatic rings. The van der Waals surface area contributed by atoms with Gasteiger partial charge < -0.3 is 5.32 Å². The highest BCUT2D eigenvalue weighted by Crippen LogP contribution is 2.07. The molecule has 0 atom stereocenters. The Morgan fingerprint density at radius 3 is 3.00 bits per heavy atom. The van der Waals surface area contributed by atoms with Crippen LogP contribution in [0, 0.1) is 10.1 Å². The standard InChI is InChI=1S/C5H8N2O2/c8-7(9)4-5-2-1-3-6-5/h4,6H,1-3H2/b5-4-. The molecule has 0 saturated carbocycles. The largest absolute Gasteiger partial charge is 0.383 e. The molecule has 0 aliphatic carbocycles. The molecule has 4 heteroatoms. The summed E-state index contributed by atoms with van der Waals surface area (Å²) in [5.74, 6) is 0. The third-order valence-electron chi connectivity index (χ3n) is 1.24.